The largest absolute Gasteiger partial charge is 0.330 e. The minimum absolute atomic E-state index is 0.0733. The molecule has 2 aliphatic rings. The number of aromatic amines is 1. The summed E-state index contributed by atoms with van der Waals surface area (Å²) in [5.74, 6) is 0.0733. The van der Waals surface area contributed by atoms with Gasteiger partial charge in [-0.15, -0.1) is 0 Å². The third-order valence-corrected chi connectivity index (χ3v) is 5.02. The van der Waals surface area contributed by atoms with Crippen LogP contribution >= 0.6 is 0 Å². The van der Waals surface area contributed by atoms with Crippen molar-refractivity contribution >= 4 is 5.91 Å². The fourth-order valence-corrected chi connectivity index (χ4v) is 3.77. The molecule has 4 rings (SSSR count). The van der Waals surface area contributed by atoms with Gasteiger partial charge in [0.25, 0.3) is 5.91 Å². The molecule has 0 saturated carbocycles. The number of likely N-dealkylation sites (tertiary alicyclic amines) is 1. The molecule has 1 fully saturated rings. The van der Waals surface area contributed by atoms with Crippen LogP contribution in [-0.2, 0) is 13.0 Å². The number of nitrogens with one attached hydrogen (secondary N) is 1. The van der Waals surface area contributed by atoms with Crippen molar-refractivity contribution in [3.05, 3.63) is 52.8 Å². The lowest BCUT2D eigenvalue weighted by atomic mass is 10.0. The maximum atomic E-state index is 13.1. The van der Waals surface area contributed by atoms with Gasteiger partial charge in [-0.1, -0.05) is 30.3 Å². The minimum atomic E-state index is 0.0733. The summed E-state index contributed by atoms with van der Waals surface area (Å²) in [6.07, 6.45) is 3.02. The molecule has 0 bridgehead atoms. The molecule has 1 atom stereocenters. The van der Waals surface area contributed by atoms with Gasteiger partial charge in [0.05, 0.1) is 6.04 Å². The fraction of sp³-hybridized carbons (Fsp3) is 0.444. The molecular formula is C18H22N4O. The van der Waals surface area contributed by atoms with Crippen LogP contribution in [0.25, 0.3) is 0 Å². The molecule has 0 spiro atoms. The number of hydrogen-bond acceptors (Lipinski definition) is 3. The Bertz CT molecular complexity index is 709. The van der Waals surface area contributed by atoms with E-state index in [9.17, 15) is 4.79 Å². The summed E-state index contributed by atoms with van der Waals surface area (Å²) < 4.78 is 0. The minimum Gasteiger partial charge on any atom is -0.330 e. The van der Waals surface area contributed by atoms with Crippen molar-refractivity contribution in [2.45, 2.75) is 31.8 Å². The number of carbonyl (C=O) groups is 1. The summed E-state index contributed by atoms with van der Waals surface area (Å²) in [5, 5.41) is 7.44. The number of H-pyrrole nitrogens is 1. The number of benzene rings is 1. The molecule has 2 aliphatic heterocycles. The number of aromatic nitrogens is 2. The topological polar surface area (TPSA) is 52.2 Å². The molecule has 120 valence electrons. The maximum Gasteiger partial charge on any atom is 0.275 e. The zero-order valence-electron chi connectivity index (χ0n) is 13.5. The number of nitrogens with zero attached hydrogens (tertiary/aromatic N) is 3. The van der Waals surface area contributed by atoms with Crippen molar-refractivity contribution in [1.82, 2.24) is 20.0 Å². The van der Waals surface area contributed by atoms with Crippen molar-refractivity contribution < 1.29 is 4.79 Å². The third-order valence-electron chi connectivity index (χ3n) is 5.02. The van der Waals surface area contributed by atoms with E-state index in [4.69, 9.17) is 0 Å². The fourth-order valence-electron chi connectivity index (χ4n) is 3.77. The van der Waals surface area contributed by atoms with Gasteiger partial charge in [0.15, 0.2) is 5.69 Å². The summed E-state index contributed by atoms with van der Waals surface area (Å²) >= 11 is 0. The van der Waals surface area contributed by atoms with Gasteiger partial charge in [0.1, 0.15) is 0 Å². The summed E-state index contributed by atoms with van der Waals surface area (Å²) in [5.41, 5.74) is 4.05. The smallest absolute Gasteiger partial charge is 0.275 e. The molecule has 1 saturated heterocycles. The van der Waals surface area contributed by atoms with E-state index in [1.165, 1.54) is 5.56 Å². The number of likely N-dealkylation sites (N-methyl/N-ethyl adjacent to an activating group) is 1. The van der Waals surface area contributed by atoms with Crippen molar-refractivity contribution in [3.8, 4) is 0 Å². The van der Waals surface area contributed by atoms with Gasteiger partial charge in [0.2, 0.25) is 0 Å². The van der Waals surface area contributed by atoms with E-state index in [-0.39, 0.29) is 11.9 Å². The monoisotopic (exact) mass is 310 g/mol. The van der Waals surface area contributed by atoms with Crippen LogP contribution in [0.5, 0.6) is 0 Å². The second kappa shape index (κ2) is 5.81. The second-order valence-electron chi connectivity index (χ2n) is 6.58. The molecule has 5 heteroatoms. The standard InChI is InChI=1S/C18H22N4O/c1-21-11-9-15-14(12-21)17(20-19-15)18(23)22-10-5-8-16(22)13-6-3-2-4-7-13/h2-4,6-7,16H,5,8-12H2,1H3,(H,19,20)/t16-/m1/s1. The quantitative estimate of drug-likeness (QED) is 0.926. The average molecular weight is 310 g/mol. The van der Waals surface area contributed by atoms with Crippen molar-refractivity contribution in [3.63, 3.8) is 0 Å². The van der Waals surface area contributed by atoms with Crippen molar-refractivity contribution in [2.75, 3.05) is 20.1 Å². The molecule has 1 aromatic heterocycles. The maximum absolute atomic E-state index is 13.1. The molecule has 0 radical (unpaired) electrons. The van der Waals surface area contributed by atoms with Crippen molar-refractivity contribution in [2.24, 2.45) is 0 Å². The molecule has 1 aromatic carbocycles. The first-order chi connectivity index (χ1) is 11.2. The number of hydrogen-bond donors (Lipinski definition) is 1. The molecule has 5 nitrogen and oxygen atoms in total. The van der Waals surface area contributed by atoms with Gasteiger partial charge in [-0.25, -0.2) is 0 Å². The lowest BCUT2D eigenvalue weighted by molar-refractivity contribution is 0.0727. The molecule has 1 amide bonds. The predicted molar refractivity (Wildman–Crippen MR) is 88.1 cm³/mol. The number of fused-ring (bicyclic) bond motifs is 1. The number of carbonyl (C=O) groups excluding carboxylic acids is 1. The summed E-state index contributed by atoms with van der Waals surface area (Å²) in [4.78, 5) is 17.3. The van der Waals surface area contributed by atoms with Crippen LogP contribution in [0.1, 0.15) is 46.2 Å². The Hall–Kier alpha value is -2.14. The molecular weight excluding hydrogens is 288 g/mol. The Morgan fingerprint density at radius 1 is 1.26 bits per heavy atom. The lowest BCUT2D eigenvalue weighted by Gasteiger charge is -2.26. The van der Waals surface area contributed by atoms with E-state index < -0.39 is 0 Å². The van der Waals surface area contributed by atoms with Gasteiger partial charge >= 0.3 is 0 Å². The summed E-state index contributed by atoms with van der Waals surface area (Å²) in [6, 6.07) is 10.5. The summed E-state index contributed by atoms with van der Waals surface area (Å²) in [7, 11) is 2.09. The first-order valence-electron chi connectivity index (χ1n) is 8.34. The van der Waals surface area contributed by atoms with Gasteiger partial charge in [-0.3, -0.25) is 9.89 Å². The normalized spacial score (nSPS) is 21.4. The van der Waals surface area contributed by atoms with E-state index >= 15 is 0 Å². The van der Waals surface area contributed by atoms with Crippen LogP contribution in [-0.4, -0.2) is 46.0 Å². The first kappa shape index (κ1) is 14.5. The van der Waals surface area contributed by atoms with Gasteiger partial charge in [-0.05, 0) is 25.5 Å². The van der Waals surface area contributed by atoms with Gasteiger partial charge < -0.3 is 9.80 Å². The van der Waals surface area contributed by atoms with E-state index in [1.807, 2.05) is 23.1 Å². The highest BCUT2D eigenvalue weighted by Gasteiger charge is 2.34. The van der Waals surface area contributed by atoms with Crippen LogP contribution in [0.3, 0.4) is 0 Å². The van der Waals surface area contributed by atoms with Crippen LogP contribution in [0.15, 0.2) is 30.3 Å². The molecule has 2 aromatic rings. The van der Waals surface area contributed by atoms with E-state index in [0.717, 1.165) is 50.2 Å². The Morgan fingerprint density at radius 2 is 2.09 bits per heavy atom. The Labute approximate surface area is 136 Å². The Kier molecular flexibility index (Phi) is 3.65. The van der Waals surface area contributed by atoms with Crippen molar-refractivity contribution in [1.29, 1.82) is 0 Å². The van der Waals surface area contributed by atoms with E-state index in [2.05, 4.69) is 34.3 Å². The van der Waals surface area contributed by atoms with E-state index in [0.29, 0.717) is 5.69 Å². The highest BCUT2D eigenvalue weighted by atomic mass is 16.2. The number of rotatable bonds is 2. The van der Waals surface area contributed by atoms with Gasteiger partial charge in [-0.2, -0.15) is 5.10 Å². The Balaban J connectivity index is 1.63. The zero-order chi connectivity index (χ0) is 15.8. The highest BCUT2D eigenvalue weighted by Crippen LogP contribution is 2.33. The van der Waals surface area contributed by atoms with Crippen LogP contribution in [0.2, 0.25) is 0 Å². The molecule has 0 unspecified atom stereocenters. The average Bonchev–Trinajstić information content (AvgIpc) is 3.21. The lowest BCUT2D eigenvalue weighted by Crippen LogP contribution is -2.33. The van der Waals surface area contributed by atoms with Crippen LogP contribution in [0, 0.1) is 0 Å². The SMILES string of the molecule is CN1CCc2[nH]nc(C(=O)N3CCC[C@@H]3c3ccccc3)c2C1. The molecule has 23 heavy (non-hydrogen) atoms. The third kappa shape index (κ3) is 2.55. The zero-order valence-corrected chi connectivity index (χ0v) is 13.5. The van der Waals surface area contributed by atoms with Crippen LogP contribution < -0.4 is 0 Å². The predicted octanol–water partition coefficient (Wildman–Crippen LogP) is 2.37. The molecule has 3 heterocycles. The second-order valence-corrected chi connectivity index (χ2v) is 6.58. The number of amides is 1. The molecule has 1 N–H and O–H groups in total. The molecule has 0 aliphatic carbocycles. The Morgan fingerprint density at radius 3 is 2.91 bits per heavy atom. The van der Waals surface area contributed by atoms with E-state index in [1.54, 1.807) is 0 Å². The summed E-state index contributed by atoms with van der Waals surface area (Å²) in [6.45, 7) is 2.63. The highest BCUT2D eigenvalue weighted by molar-refractivity contribution is 5.94. The van der Waals surface area contributed by atoms with Crippen LogP contribution in [0.4, 0.5) is 0 Å². The van der Waals surface area contributed by atoms with Gasteiger partial charge in [0, 0.05) is 37.3 Å². The first-order valence-corrected chi connectivity index (χ1v) is 8.34.